The number of ether oxygens (including phenoxy) is 1. The Morgan fingerprint density at radius 2 is 1.69 bits per heavy atom. The molecule has 0 unspecified atom stereocenters. The van der Waals surface area contributed by atoms with Crippen LogP contribution in [0.1, 0.15) is 62.5 Å². The predicted molar refractivity (Wildman–Crippen MR) is 200 cm³/mol. The summed E-state index contributed by atoms with van der Waals surface area (Å²) in [5, 5.41) is 9.32. The van der Waals surface area contributed by atoms with Crippen LogP contribution in [0, 0.1) is 5.92 Å². The minimum absolute atomic E-state index is 0.0333. The Kier molecular flexibility index (Phi) is 16.5. The van der Waals surface area contributed by atoms with Crippen LogP contribution in [0.25, 0.3) is 0 Å². The van der Waals surface area contributed by atoms with Crippen molar-refractivity contribution in [3.63, 3.8) is 0 Å². The Hall–Kier alpha value is -3.40. The first-order valence-electron chi connectivity index (χ1n) is 18.1. The van der Waals surface area contributed by atoms with Gasteiger partial charge in [0.05, 0.1) is 25.0 Å². The minimum Gasteiger partial charge on any atom is -0.372 e. The number of nitrogens with one attached hydrogen (secondary N) is 4. The molecule has 52 heavy (non-hydrogen) atoms. The third-order valence-electron chi connectivity index (χ3n) is 9.57. The summed E-state index contributed by atoms with van der Waals surface area (Å²) >= 11 is 6.03. The zero-order chi connectivity index (χ0) is 37.5. The molecular weight excluding hydrogens is 708 g/mol. The number of amides is 3. The Bertz CT molecular complexity index is 1570. The number of carbonyl (C=O) groups is 4. The highest BCUT2D eigenvalue weighted by Gasteiger charge is 2.44. The molecule has 15 heteroatoms. The minimum atomic E-state index is -3.78. The molecule has 0 aromatic heterocycles. The maximum absolute atomic E-state index is 14.2. The molecule has 2 saturated heterocycles. The molecule has 2 aliphatic rings. The molecule has 0 saturated carbocycles. The fourth-order valence-corrected chi connectivity index (χ4v) is 7.57. The monoisotopic (exact) mass is 760 g/mol. The van der Waals surface area contributed by atoms with Gasteiger partial charge >= 0.3 is 0 Å². The van der Waals surface area contributed by atoms with E-state index in [0.29, 0.717) is 43.2 Å². The molecule has 0 radical (unpaired) electrons. The van der Waals surface area contributed by atoms with Crippen LogP contribution in [0.2, 0.25) is 5.02 Å². The fraction of sp³-hybridized carbons (Fsp3) is 0.568. The molecule has 4 atom stereocenters. The Morgan fingerprint density at radius 3 is 2.37 bits per heavy atom. The number of carbonyl (C=O) groups excluding carboxylic acids is 4. The zero-order valence-electron chi connectivity index (χ0n) is 29.9. The van der Waals surface area contributed by atoms with Crippen molar-refractivity contribution in [2.75, 3.05) is 39.0 Å². The molecule has 2 aliphatic heterocycles. The molecule has 3 amide bonds. The molecule has 286 valence electrons. The van der Waals surface area contributed by atoms with Crippen LogP contribution >= 0.6 is 11.6 Å². The van der Waals surface area contributed by atoms with Crippen molar-refractivity contribution in [2.45, 2.75) is 88.6 Å². The number of hydrogen-bond acceptors (Lipinski definition) is 9. The average molecular weight is 761 g/mol. The third-order valence-corrected chi connectivity index (χ3v) is 10.5. The Morgan fingerprint density at radius 1 is 0.981 bits per heavy atom. The highest BCUT2D eigenvalue weighted by molar-refractivity contribution is 7.88. The summed E-state index contributed by atoms with van der Waals surface area (Å²) in [4.78, 5) is 56.1. The number of ketones is 1. The van der Waals surface area contributed by atoms with Crippen LogP contribution in [0.15, 0.2) is 54.6 Å². The van der Waals surface area contributed by atoms with Gasteiger partial charge in [0.25, 0.3) is 5.91 Å². The maximum atomic E-state index is 14.2. The van der Waals surface area contributed by atoms with E-state index in [4.69, 9.17) is 22.1 Å². The Labute approximate surface area is 312 Å². The summed E-state index contributed by atoms with van der Waals surface area (Å²) in [6.07, 6.45) is 5.08. The van der Waals surface area contributed by atoms with Gasteiger partial charge in [-0.1, -0.05) is 54.1 Å². The SMILES string of the molecule is CS(=O)(=O)N[C@H](CCC1CCNCC1)C(=O)N1C[C@H](OCc2ccc(Cl)cc2)C[C@H]1C(=O)N[C@@H](CCCCN)C(=O)C(=O)NCCc1ccccc1. The number of piperidine rings is 1. The summed E-state index contributed by atoms with van der Waals surface area (Å²) in [6.45, 7) is 2.57. The summed E-state index contributed by atoms with van der Waals surface area (Å²) in [7, 11) is -3.78. The van der Waals surface area contributed by atoms with Gasteiger partial charge in [-0.3, -0.25) is 19.2 Å². The quantitative estimate of drug-likeness (QED) is 0.0995. The van der Waals surface area contributed by atoms with Gasteiger partial charge in [-0.05, 0) is 100 Å². The number of nitrogens with zero attached hydrogens (tertiary/aromatic N) is 1. The molecule has 6 N–H and O–H groups in total. The van der Waals surface area contributed by atoms with Crippen LogP contribution < -0.4 is 26.4 Å². The number of hydrogen-bond donors (Lipinski definition) is 5. The van der Waals surface area contributed by atoms with E-state index in [1.54, 1.807) is 12.1 Å². The van der Waals surface area contributed by atoms with E-state index >= 15 is 0 Å². The molecular formula is C37H53ClN6O7S. The molecule has 0 bridgehead atoms. The van der Waals surface area contributed by atoms with Gasteiger partial charge in [0.2, 0.25) is 27.6 Å². The Balaban J connectivity index is 1.50. The van der Waals surface area contributed by atoms with E-state index in [1.165, 1.54) is 4.90 Å². The van der Waals surface area contributed by atoms with Crippen molar-refractivity contribution < 1.29 is 32.3 Å². The number of unbranched alkanes of at least 4 members (excludes halogenated alkanes) is 1. The van der Waals surface area contributed by atoms with Crippen LogP contribution in [0.5, 0.6) is 0 Å². The number of rotatable bonds is 20. The first-order valence-corrected chi connectivity index (χ1v) is 20.4. The second kappa shape index (κ2) is 20.7. The predicted octanol–water partition coefficient (Wildman–Crippen LogP) is 2.07. The van der Waals surface area contributed by atoms with E-state index in [0.717, 1.165) is 43.3 Å². The lowest BCUT2D eigenvalue weighted by molar-refractivity contribution is -0.142. The van der Waals surface area contributed by atoms with Gasteiger partial charge in [-0.15, -0.1) is 0 Å². The highest BCUT2D eigenvalue weighted by Crippen LogP contribution is 2.26. The van der Waals surface area contributed by atoms with Crippen molar-refractivity contribution in [1.29, 1.82) is 0 Å². The van der Waals surface area contributed by atoms with Gasteiger partial charge in [-0.2, -0.15) is 0 Å². The number of sulfonamides is 1. The van der Waals surface area contributed by atoms with E-state index in [1.807, 2.05) is 42.5 Å². The third kappa shape index (κ3) is 13.5. The summed E-state index contributed by atoms with van der Waals surface area (Å²) in [6, 6.07) is 13.3. The molecule has 2 aromatic carbocycles. The second-order valence-corrected chi connectivity index (χ2v) is 15.9. The summed E-state index contributed by atoms with van der Waals surface area (Å²) in [5.41, 5.74) is 7.54. The number of Topliss-reactive ketones (excluding diaryl/α,β-unsaturated/α-hetero) is 1. The van der Waals surface area contributed by atoms with Crippen LogP contribution in [-0.4, -0.2) is 100 Å². The van der Waals surface area contributed by atoms with Gasteiger partial charge in [-0.25, -0.2) is 13.1 Å². The van der Waals surface area contributed by atoms with Gasteiger partial charge in [0.1, 0.15) is 12.1 Å². The number of benzene rings is 2. The smallest absolute Gasteiger partial charge is 0.289 e. The lowest BCUT2D eigenvalue weighted by Gasteiger charge is -2.30. The fourth-order valence-electron chi connectivity index (χ4n) is 6.71. The van der Waals surface area contributed by atoms with Crippen LogP contribution in [-0.2, 0) is 47.0 Å². The zero-order valence-corrected chi connectivity index (χ0v) is 31.4. The van der Waals surface area contributed by atoms with Crippen molar-refractivity contribution in [1.82, 2.24) is 25.6 Å². The van der Waals surface area contributed by atoms with Crippen molar-refractivity contribution in [3.05, 3.63) is 70.7 Å². The van der Waals surface area contributed by atoms with Crippen molar-refractivity contribution in [3.8, 4) is 0 Å². The normalized spacial score (nSPS) is 19.2. The van der Waals surface area contributed by atoms with E-state index < -0.39 is 57.8 Å². The number of likely N-dealkylation sites (tertiary alicyclic amines) is 1. The second-order valence-electron chi connectivity index (χ2n) is 13.7. The molecule has 2 fully saturated rings. The number of nitrogens with two attached hydrogens (primary N) is 1. The molecule has 2 heterocycles. The van der Waals surface area contributed by atoms with Gasteiger partial charge in [0.15, 0.2) is 0 Å². The highest BCUT2D eigenvalue weighted by atomic mass is 35.5. The average Bonchev–Trinajstić information content (AvgIpc) is 3.57. The standard InChI is InChI=1S/C37H53ClN6O7S/c1-52(49,50)43-32(15-12-27-16-20-40-21-17-27)37(48)44-24-30(51-25-28-10-13-29(38)14-11-28)23-33(44)35(46)42-31(9-5-6-19-39)34(45)36(47)41-22-18-26-7-3-2-4-8-26/h2-4,7-8,10-11,13-14,27,30-33,40,43H,5-6,9,12,15-25,39H2,1H3,(H,41,47)(H,42,46)/t30-,31+,32-,33+/m1/s1. The molecule has 4 rings (SSSR count). The largest absolute Gasteiger partial charge is 0.372 e. The summed E-state index contributed by atoms with van der Waals surface area (Å²) in [5.74, 6) is -2.42. The van der Waals surface area contributed by atoms with Gasteiger partial charge in [0, 0.05) is 24.5 Å². The molecule has 0 spiro atoms. The van der Waals surface area contributed by atoms with Crippen LogP contribution in [0.4, 0.5) is 0 Å². The van der Waals surface area contributed by atoms with Crippen molar-refractivity contribution >= 4 is 45.1 Å². The van der Waals surface area contributed by atoms with Crippen LogP contribution in [0.3, 0.4) is 0 Å². The molecule has 13 nitrogen and oxygen atoms in total. The molecule has 2 aromatic rings. The lowest BCUT2D eigenvalue weighted by atomic mass is 9.91. The topological polar surface area (TPSA) is 189 Å². The first-order chi connectivity index (χ1) is 24.9. The summed E-state index contributed by atoms with van der Waals surface area (Å²) < 4.78 is 33.6. The lowest BCUT2D eigenvalue weighted by Crippen LogP contribution is -2.56. The first kappa shape index (κ1) is 41.4. The van der Waals surface area contributed by atoms with E-state index in [9.17, 15) is 27.6 Å². The maximum Gasteiger partial charge on any atom is 0.289 e. The molecule has 0 aliphatic carbocycles. The van der Waals surface area contributed by atoms with E-state index in [2.05, 4.69) is 20.7 Å². The van der Waals surface area contributed by atoms with E-state index in [-0.39, 0.29) is 39.0 Å². The van der Waals surface area contributed by atoms with Crippen molar-refractivity contribution in [2.24, 2.45) is 11.7 Å². The van der Waals surface area contributed by atoms with Gasteiger partial charge < -0.3 is 31.3 Å². The number of halogens is 1.